The van der Waals surface area contributed by atoms with Crippen molar-refractivity contribution in [3.63, 3.8) is 0 Å². The summed E-state index contributed by atoms with van der Waals surface area (Å²) in [7, 11) is -2.54. The quantitative estimate of drug-likeness (QED) is 0.830. The summed E-state index contributed by atoms with van der Waals surface area (Å²) in [6.45, 7) is -0.193. The molecule has 0 aliphatic heterocycles. The molecule has 2 rings (SSSR count). The van der Waals surface area contributed by atoms with Crippen LogP contribution in [0.25, 0.3) is 0 Å². The number of methoxy groups -OCH3 is 1. The van der Waals surface area contributed by atoms with Gasteiger partial charge in [0.1, 0.15) is 16.4 Å². The number of hydrogen-bond acceptors (Lipinski definition) is 5. The van der Waals surface area contributed by atoms with Gasteiger partial charge in [0.25, 0.3) is 0 Å². The third-order valence-electron chi connectivity index (χ3n) is 2.72. The van der Waals surface area contributed by atoms with Gasteiger partial charge >= 0.3 is 5.97 Å². The SMILES string of the molecule is COc1cc(Cl)ccc1S(=O)(=O)NCc1ccc(C(=O)O)o1. The minimum absolute atomic E-state index is 0.0792. The van der Waals surface area contributed by atoms with Crippen LogP contribution in [0.5, 0.6) is 5.75 Å². The lowest BCUT2D eigenvalue weighted by atomic mass is 10.3. The van der Waals surface area contributed by atoms with Gasteiger partial charge < -0.3 is 14.3 Å². The highest BCUT2D eigenvalue weighted by atomic mass is 35.5. The van der Waals surface area contributed by atoms with Gasteiger partial charge in [-0.3, -0.25) is 0 Å². The Morgan fingerprint density at radius 2 is 2.09 bits per heavy atom. The van der Waals surface area contributed by atoms with E-state index in [-0.39, 0.29) is 28.7 Å². The van der Waals surface area contributed by atoms with E-state index in [1.807, 2.05) is 0 Å². The first kappa shape index (κ1) is 16.3. The van der Waals surface area contributed by atoms with Crippen LogP contribution in [0, 0.1) is 0 Å². The lowest BCUT2D eigenvalue weighted by molar-refractivity contribution is 0.0660. The van der Waals surface area contributed by atoms with E-state index in [9.17, 15) is 13.2 Å². The summed E-state index contributed by atoms with van der Waals surface area (Å²) >= 11 is 5.79. The summed E-state index contributed by atoms with van der Waals surface area (Å²) in [5.74, 6) is -1.22. The molecule has 2 N–H and O–H groups in total. The first-order valence-electron chi connectivity index (χ1n) is 5.98. The largest absolute Gasteiger partial charge is 0.495 e. The van der Waals surface area contributed by atoms with Gasteiger partial charge in [0.15, 0.2) is 0 Å². The number of carboxylic acids is 1. The molecule has 0 aliphatic carbocycles. The monoisotopic (exact) mass is 345 g/mol. The van der Waals surface area contributed by atoms with E-state index in [1.165, 1.54) is 37.4 Å². The molecule has 0 aliphatic rings. The zero-order chi connectivity index (χ0) is 16.3. The van der Waals surface area contributed by atoms with Crippen LogP contribution in [0.1, 0.15) is 16.3 Å². The predicted molar refractivity (Wildman–Crippen MR) is 77.7 cm³/mol. The van der Waals surface area contributed by atoms with Gasteiger partial charge in [-0.05, 0) is 24.3 Å². The summed E-state index contributed by atoms with van der Waals surface area (Å²) in [4.78, 5) is 10.6. The molecule has 0 bridgehead atoms. The van der Waals surface area contributed by atoms with Gasteiger partial charge in [0.05, 0.1) is 13.7 Å². The second-order valence-electron chi connectivity index (χ2n) is 4.19. The summed E-state index contributed by atoms with van der Waals surface area (Å²) in [5, 5.41) is 9.08. The molecule has 0 spiro atoms. The van der Waals surface area contributed by atoms with Crippen molar-refractivity contribution in [2.75, 3.05) is 7.11 Å². The van der Waals surface area contributed by atoms with Gasteiger partial charge in [-0.15, -0.1) is 0 Å². The lowest BCUT2D eigenvalue weighted by Crippen LogP contribution is -2.23. The maximum absolute atomic E-state index is 12.2. The molecule has 0 atom stereocenters. The number of furan rings is 1. The van der Waals surface area contributed by atoms with Gasteiger partial charge in [0.2, 0.25) is 15.8 Å². The van der Waals surface area contributed by atoms with Crippen molar-refractivity contribution in [3.8, 4) is 5.75 Å². The van der Waals surface area contributed by atoms with E-state index in [4.69, 9.17) is 25.9 Å². The smallest absolute Gasteiger partial charge is 0.371 e. The molecule has 0 saturated heterocycles. The summed E-state index contributed by atoms with van der Waals surface area (Å²) in [6.07, 6.45) is 0. The molecule has 0 radical (unpaired) electrons. The van der Waals surface area contributed by atoms with Gasteiger partial charge in [0, 0.05) is 11.1 Å². The highest BCUT2D eigenvalue weighted by molar-refractivity contribution is 7.89. The maximum atomic E-state index is 12.2. The standard InChI is InChI=1S/C13H12ClNO6S/c1-20-11-6-8(14)2-5-12(11)22(18,19)15-7-9-3-4-10(21-9)13(16)17/h2-6,15H,7H2,1H3,(H,16,17). The fraction of sp³-hybridized carbons (Fsp3) is 0.154. The Balaban J connectivity index is 2.19. The number of benzene rings is 1. The molecular formula is C13H12ClNO6S. The van der Waals surface area contributed by atoms with Crippen LogP contribution >= 0.6 is 11.6 Å². The number of halogens is 1. The van der Waals surface area contributed by atoms with E-state index < -0.39 is 16.0 Å². The number of rotatable bonds is 6. The van der Waals surface area contributed by atoms with Crippen LogP contribution < -0.4 is 9.46 Å². The van der Waals surface area contributed by atoms with E-state index in [1.54, 1.807) is 0 Å². The van der Waals surface area contributed by atoms with E-state index in [0.29, 0.717) is 5.02 Å². The molecule has 1 aromatic heterocycles. The van der Waals surface area contributed by atoms with Gasteiger partial charge in [-0.25, -0.2) is 17.9 Å². The number of ether oxygens (including phenoxy) is 1. The number of carbonyl (C=O) groups is 1. The van der Waals surface area contributed by atoms with E-state index in [2.05, 4.69) is 4.72 Å². The first-order chi connectivity index (χ1) is 10.3. The van der Waals surface area contributed by atoms with Crippen LogP contribution in [0.2, 0.25) is 5.02 Å². The predicted octanol–water partition coefficient (Wildman–Crippen LogP) is 2.12. The van der Waals surface area contributed by atoms with Crippen LogP contribution in [-0.2, 0) is 16.6 Å². The third kappa shape index (κ3) is 3.59. The summed E-state index contributed by atoms with van der Waals surface area (Å²) in [5.41, 5.74) is 0. The van der Waals surface area contributed by atoms with Crippen LogP contribution in [0.3, 0.4) is 0 Å². The topological polar surface area (TPSA) is 106 Å². The summed E-state index contributed by atoms with van der Waals surface area (Å²) in [6, 6.07) is 6.74. The zero-order valence-electron chi connectivity index (χ0n) is 11.4. The molecule has 118 valence electrons. The fourth-order valence-corrected chi connectivity index (χ4v) is 3.00. The van der Waals surface area contributed by atoms with Crippen molar-refractivity contribution in [2.45, 2.75) is 11.4 Å². The minimum Gasteiger partial charge on any atom is -0.495 e. The molecule has 1 heterocycles. The van der Waals surface area contributed by atoms with Crippen molar-refractivity contribution in [1.29, 1.82) is 0 Å². The Morgan fingerprint density at radius 3 is 2.68 bits per heavy atom. The Morgan fingerprint density at radius 1 is 1.36 bits per heavy atom. The molecule has 1 aromatic carbocycles. The van der Waals surface area contributed by atoms with Gasteiger partial charge in [-0.2, -0.15) is 0 Å². The fourth-order valence-electron chi connectivity index (χ4n) is 1.70. The second kappa shape index (κ2) is 6.39. The van der Waals surface area contributed by atoms with Gasteiger partial charge in [-0.1, -0.05) is 11.6 Å². The van der Waals surface area contributed by atoms with Crippen molar-refractivity contribution >= 4 is 27.6 Å². The maximum Gasteiger partial charge on any atom is 0.371 e. The molecular weight excluding hydrogens is 334 g/mol. The highest BCUT2D eigenvalue weighted by Gasteiger charge is 2.20. The number of nitrogens with one attached hydrogen (secondary N) is 1. The van der Waals surface area contributed by atoms with Crippen LogP contribution in [0.15, 0.2) is 39.6 Å². The Bertz CT molecular complexity index is 799. The van der Waals surface area contributed by atoms with E-state index in [0.717, 1.165) is 0 Å². The van der Waals surface area contributed by atoms with Crippen molar-refractivity contribution in [3.05, 3.63) is 46.9 Å². The molecule has 7 nitrogen and oxygen atoms in total. The number of carboxylic acid groups (broad SMARTS) is 1. The molecule has 0 fully saturated rings. The number of sulfonamides is 1. The number of hydrogen-bond donors (Lipinski definition) is 2. The van der Waals surface area contributed by atoms with Crippen molar-refractivity contribution in [2.24, 2.45) is 0 Å². The number of aromatic carboxylic acids is 1. The zero-order valence-corrected chi connectivity index (χ0v) is 12.9. The van der Waals surface area contributed by atoms with Crippen LogP contribution in [0.4, 0.5) is 0 Å². The summed E-state index contributed by atoms with van der Waals surface area (Å²) < 4.78 is 36.8. The van der Waals surface area contributed by atoms with Crippen LogP contribution in [-0.4, -0.2) is 26.6 Å². The Hall–Kier alpha value is -2.03. The minimum atomic E-state index is -3.87. The Labute approximate surface area is 131 Å². The third-order valence-corrected chi connectivity index (χ3v) is 4.40. The highest BCUT2D eigenvalue weighted by Crippen LogP contribution is 2.27. The second-order valence-corrected chi connectivity index (χ2v) is 6.36. The Kier molecular flexibility index (Phi) is 4.74. The van der Waals surface area contributed by atoms with E-state index >= 15 is 0 Å². The normalized spacial score (nSPS) is 11.4. The molecule has 0 unspecified atom stereocenters. The molecule has 2 aromatic rings. The average Bonchev–Trinajstić information content (AvgIpc) is 2.94. The molecule has 0 amide bonds. The molecule has 22 heavy (non-hydrogen) atoms. The van der Waals surface area contributed by atoms with Crippen molar-refractivity contribution < 1.29 is 27.5 Å². The lowest BCUT2D eigenvalue weighted by Gasteiger charge is -2.10. The average molecular weight is 346 g/mol. The first-order valence-corrected chi connectivity index (χ1v) is 7.85. The molecule has 9 heteroatoms. The van der Waals surface area contributed by atoms with Crippen molar-refractivity contribution in [1.82, 2.24) is 4.72 Å². The molecule has 0 saturated carbocycles.